The molecule has 4 rings (SSSR count). The van der Waals surface area contributed by atoms with E-state index in [1.807, 2.05) is 59.5 Å². The minimum atomic E-state index is -0.590. The molecule has 0 N–H and O–H groups in total. The molecule has 3 aromatic rings. The highest BCUT2D eigenvalue weighted by Crippen LogP contribution is 2.20. The Labute approximate surface area is 204 Å². The number of rotatable bonds is 8. The number of para-hydroxylation sites is 1. The van der Waals surface area contributed by atoms with Gasteiger partial charge >= 0.3 is 5.97 Å². The lowest BCUT2D eigenvalue weighted by atomic mass is 10.2. The Hall–Kier alpha value is -4.13. The molecule has 0 bridgehead atoms. The molecule has 1 aliphatic heterocycles. The highest BCUT2D eigenvalue weighted by molar-refractivity contribution is 5.89. The molecular formula is C28H27FN2O4. The molecule has 180 valence electrons. The van der Waals surface area contributed by atoms with Crippen LogP contribution in [-0.2, 0) is 20.9 Å². The maximum absolute atomic E-state index is 14.0. The lowest BCUT2D eigenvalue weighted by Gasteiger charge is -2.36. The molecule has 0 spiro atoms. The van der Waals surface area contributed by atoms with Gasteiger partial charge in [0.1, 0.15) is 18.2 Å². The van der Waals surface area contributed by atoms with E-state index in [-0.39, 0.29) is 18.3 Å². The van der Waals surface area contributed by atoms with Crippen LogP contribution in [-0.4, -0.2) is 49.6 Å². The van der Waals surface area contributed by atoms with Crippen molar-refractivity contribution in [2.75, 3.05) is 37.7 Å². The van der Waals surface area contributed by atoms with Gasteiger partial charge in [-0.1, -0.05) is 54.6 Å². The number of carbonyl (C=O) groups is 2. The molecule has 35 heavy (non-hydrogen) atoms. The lowest BCUT2D eigenvalue weighted by molar-refractivity contribution is -0.148. The minimum Gasteiger partial charge on any atom is -0.489 e. The molecular weight excluding hydrogens is 447 g/mol. The van der Waals surface area contributed by atoms with Gasteiger partial charge in [-0.3, -0.25) is 4.79 Å². The van der Waals surface area contributed by atoms with Gasteiger partial charge in [0.15, 0.2) is 6.61 Å². The average Bonchev–Trinajstić information content (AvgIpc) is 2.91. The van der Waals surface area contributed by atoms with Crippen molar-refractivity contribution in [1.29, 1.82) is 0 Å². The van der Waals surface area contributed by atoms with E-state index in [0.29, 0.717) is 38.5 Å². The zero-order chi connectivity index (χ0) is 24.5. The van der Waals surface area contributed by atoms with E-state index in [9.17, 15) is 14.0 Å². The highest BCUT2D eigenvalue weighted by Gasteiger charge is 2.23. The monoisotopic (exact) mass is 474 g/mol. The second kappa shape index (κ2) is 11.8. The largest absolute Gasteiger partial charge is 0.489 e. The number of amides is 1. The van der Waals surface area contributed by atoms with Crippen LogP contribution in [0, 0.1) is 5.82 Å². The Bertz CT molecular complexity index is 1160. The summed E-state index contributed by atoms with van der Waals surface area (Å²) in [5.41, 5.74) is 2.43. The Morgan fingerprint density at radius 1 is 0.857 bits per heavy atom. The smallest absolute Gasteiger partial charge is 0.331 e. The van der Waals surface area contributed by atoms with E-state index in [1.165, 1.54) is 12.1 Å². The van der Waals surface area contributed by atoms with Crippen molar-refractivity contribution in [3.63, 3.8) is 0 Å². The summed E-state index contributed by atoms with van der Waals surface area (Å²) in [6.07, 6.45) is 2.92. The molecule has 1 heterocycles. The van der Waals surface area contributed by atoms with Crippen molar-refractivity contribution in [3.8, 4) is 5.75 Å². The number of ether oxygens (including phenoxy) is 2. The SMILES string of the molecule is O=C(/C=C/c1ccc(OCc2ccccc2)cc1)OCC(=O)N1CCN(c2ccccc2F)CC1. The molecule has 1 fully saturated rings. The first-order chi connectivity index (χ1) is 17.1. The van der Waals surface area contributed by atoms with Crippen LogP contribution < -0.4 is 9.64 Å². The maximum atomic E-state index is 14.0. The van der Waals surface area contributed by atoms with Crippen LogP contribution in [0.1, 0.15) is 11.1 Å². The van der Waals surface area contributed by atoms with Gasteiger partial charge in [-0.2, -0.15) is 0 Å². The zero-order valence-corrected chi connectivity index (χ0v) is 19.3. The molecule has 0 radical (unpaired) electrons. The maximum Gasteiger partial charge on any atom is 0.331 e. The normalized spacial score (nSPS) is 13.6. The van der Waals surface area contributed by atoms with Gasteiger partial charge in [0.2, 0.25) is 0 Å². The topological polar surface area (TPSA) is 59.1 Å². The molecule has 7 heteroatoms. The number of nitrogens with zero attached hydrogens (tertiary/aromatic N) is 2. The van der Waals surface area contributed by atoms with Crippen molar-refractivity contribution in [2.24, 2.45) is 0 Å². The van der Waals surface area contributed by atoms with Crippen molar-refractivity contribution in [3.05, 3.63) is 102 Å². The number of hydrogen-bond donors (Lipinski definition) is 0. The predicted molar refractivity (Wildman–Crippen MR) is 132 cm³/mol. The van der Waals surface area contributed by atoms with Gasteiger partial charge in [0.25, 0.3) is 5.91 Å². The quantitative estimate of drug-likeness (QED) is 0.360. The number of benzene rings is 3. The summed E-state index contributed by atoms with van der Waals surface area (Å²) in [6.45, 7) is 2.08. The summed E-state index contributed by atoms with van der Waals surface area (Å²) in [7, 11) is 0. The van der Waals surface area contributed by atoms with Crippen LogP contribution in [0.15, 0.2) is 84.9 Å². The number of carbonyl (C=O) groups excluding carboxylic acids is 2. The molecule has 1 amide bonds. The van der Waals surface area contributed by atoms with E-state index in [1.54, 1.807) is 29.2 Å². The van der Waals surface area contributed by atoms with Gasteiger partial charge in [-0.25, -0.2) is 9.18 Å². The van der Waals surface area contributed by atoms with Gasteiger partial charge in [0.05, 0.1) is 5.69 Å². The standard InChI is InChI=1S/C28H27FN2O4/c29-25-8-4-5-9-26(25)30-16-18-31(19-17-30)27(32)21-35-28(33)15-12-22-10-13-24(14-11-22)34-20-23-6-2-1-3-7-23/h1-15H,16-21H2/b15-12+. The third kappa shape index (κ3) is 6.93. The van der Waals surface area contributed by atoms with Crippen molar-refractivity contribution >= 4 is 23.6 Å². The Kier molecular flexibility index (Phi) is 8.12. The summed E-state index contributed by atoms with van der Waals surface area (Å²) in [4.78, 5) is 28.0. The summed E-state index contributed by atoms with van der Waals surface area (Å²) >= 11 is 0. The predicted octanol–water partition coefficient (Wildman–Crippen LogP) is 4.31. The van der Waals surface area contributed by atoms with Crippen LogP contribution in [0.25, 0.3) is 6.08 Å². The molecule has 1 aliphatic rings. The van der Waals surface area contributed by atoms with E-state index in [4.69, 9.17) is 9.47 Å². The van der Waals surface area contributed by atoms with E-state index in [2.05, 4.69) is 0 Å². The van der Waals surface area contributed by atoms with Crippen LogP contribution in [0.4, 0.5) is 10.1 Å². The zero-order valence-electron chi connectivity index (χ0n) is 19.3. The third-order valence-corrected chi connectivity index (χ3v) is 5.70. The van der Waals surface area contributed by atoms with Gasteiger partial charge in [0, 0.05) is 32.3 Å². The second-order valence-electron chi connectivity index (χ2n) is 8.10. The average molecular weight is 475 g/mol. The first kappa shape index (κ1) is 24.0. The Morgan fingerprint density at radius 2 is 1.54 bits per heavy atom. The van der Waals surface area contributed by atoms with E-state index in [0.717, 1.165) is 16.9 Å². The fraction of sp³-hybridized carbons (Fsp3) is 0.214. The number of halogens is 1. The van der Waals surface area contributed by atoms with E-state index < -0.39 is 5.97 Å². The number of anilines is 1. The number of piperazine rings is 1. The molecule has 0 unspecified atom stereocenters. The van der Waals surface area contributed by atoms with Gasteiger partial charge in [-0.05, 0) is 41.5 Å². The first-order valence-electron chi connectivity index (χ1n) is 11.5. The molecule has 0 atom stereocenters. The molecule has 0 aromatic heterocycles. The van der Waals surface area contributed by atoms with Crippen LogP contribution >= 0.6 is 0 Å². The lowest BCUT2D eigenvalue weighted by Crippen LogP contribution is -2.50. The van der Waals surface area contributed by atoms with Crippen molar-refractivity contribution < 1.29 is 23.5 Å². The molecule has 0 aliphatic carbocycles. The van der Waals surface area contributed by atoms with Gasteiger partial charge in [-0.15, -0.1) is 0 Å². The number of esters is 1. The van der Waals surface area contributed by atoms with Crippen LogP contribution in [0.5, 0.6) is 5.75 Å². The second-order valence-corrected chi connectivity index (χ2v) is 8.10. The van der Waals surface area contributed by atoms with Crippen LogP contribution in [0.2, 0.25) is 0 Å². The summed E-state index contributed by atoms with van der Waals surface area (Å²) in [5.74, 6) is -0.399. The fourth-order valence-electron chi connectivity index (χ4n) is 3.76. The van der Waals surface area contributed by atoms with Gasteiger partial charge < -0.3 is 19.3 Å². The van der Waals surface area contributed by atoms with E-state index >= 15 is 0 Å². The third-order valence-electron chi connectivity index (χ3n) is 5.70. The molecule has 3 aromatic carbocycles. The minimum absolute atomic E-state index is 0.264. The summed E-state index contributed by atoms with van der Waals surface area (Å²) in [5, 5.41) is 0. The molecule has 1 saturated heterocycles. The highest BCUT2D eigenvalue weighted by atomic mass is 19.1. The summed E-state index contributed by atoms with van der Waals surface area (Å²) in [6, 6.07) is 23.8. The van der Waals surface area contributed by atoms with Crippen molar-refractivity contribution in [2.45, 2.75) is 6.61 Å². The Morgan fingerprint density at radius 3 is 2.26 bits per heavy atom. The fourth-order valence-corrected chi connectivity index (χ4v) is 3.76. The molecule has 6 nitrogen and oxygen atoms in total. The summed E-state index contributed by atoms with van der Waals surface area (Å²) < 4.78 is 24.8. The Balaban J connectivity index is 1.18. The van der Waals surface area contributed by atoms with Crippen LogP contribution in [0.3, 0.4) is 0 Å². The van der Waals surface area contributed by atoms with Crippen molar-refractivity contribution in [1.82, 2.24) is 4.90 Å². The molecule has 0 saturated carbocycles. The first-order valence-corrected chi connectivity index (χ1v) is 11.5. The number of hydrogen-bond acceptors (Lipinski definition) is 5.